The molecule has 0 radical (unpaired) electrons. The van der Waals surface area contributed by atoms with Gasteiger partial charge < -0.3 is 9.94 Å². The van der Waals surface area contributed by atoms with Gasteiger partial charge in [-0.1, -0.05) is 35.5 Å². The summed E-state index contributed by atoms with van der Waals surface area (Å²) in [6.07, 6.45) is 5.12. The summed E-state index contributed by atoms with van der Waals surface area (Å²) in [7, 11) is 1.36. The number of carbonyl (C=O) groups is 1. The van der Waals surface area contributed by atoms with E-state index in [4.69, 9.17) is 5.21 Å². The number of ether oxygens (including phenoxy) is 1. The van der Waals surface area contributed by atoms with Crippen LogP contribution in [0.25, 0.3) is 6.08 Å². The van der Waals surface area contributed by atoms with E-state index in [9.17, 15) is 4.79 Å². The molecule has 1 N–H and O–H groups in total. The van der Waals surface area contributed by atoms with E-state index in [1.54, 1.807) is 6.08 Å². The molecular weight excluding hydrogens is 206 g/mol. The van der Waals surface area contributed by atoms with Crippen molar-refractivity contribution >= 4 is 18.3 Å². The Bertz CT molecular complexity index is 410. The van der Waals surface area contributed by atoms with Crippen LogP contribution in [0.5, 0.6) is 0 Å². The van der Waals surface area contributed by atoms with Crippen molar-refractivity contribution in [3.63, 3.8) is 0 Å². The van der Waals surface area contributed by atoms with Crippen molar-refractivity contribution in [2.24, 2.45) is 5.16 Å². The standard InChI is InChI=1S/C12H13NO3/c1-16-12(14)7-3-5-10-4-2-6-11(8-10)9-13-15/h2-6,8-9,15H,7H2,1H3. The molecule has 1 aromatic carbocycles. The van der Waals surface area contributed by atoms with Gasteiger partial charge in [0, 0.05) is 0 Å². The molecule has 84 valence electrons. The summed E-state index contributed by atoms with van der Waals surface area (Å²) in [6.45, 7) is 0. The fourth-order valence-corrected chi connectivity index (χ4v) is 1.18. The maximum Gasteiger partial charge on any atom is 0.309 e. The number of carbonyl (C=O) groups excluding carboxylic acids is 1. The van der Waals surface area contributed by atoms with Gasteiger partial charge in [-0.3, -0.25) is 4.79 Å². The van der Waals surface area contributed by atoms with E-state index in [0.717, 1.165) is 11.1 Å². The first-order chi connectivity index (χ1) is 7.76. The van der Waals surface area contributed by atoms with Crippen molar-refractivity contribution in [1.29, 1.82) is 0 Å². The van der Waals surface area contributed by atoms with Gasteiger partial charge in [-0.25, -0.2) is 0 Å². The zero-order valence-corrected chi connectivity index (χ0v) is 8.96. The Morgan fingerprint density at radius 3 is 2.94 bits per heavy atom. The third-order valence-electron chi connectivity index (χ3n) is 1.94. The molecule has 0 aliphatic carbocycles. The number of hydrogen-bond acceptors (Lipinski definition) is 4. The molecule has 0 saturated heterocycles. The minimum Gasteiger partial charge on any atom is -0.469 e. The average Bonchev–Trinajstić information content (AvgIpc) is 2.30. The third kappa shape index (κ3) is 3.96. The molecule has 0 spiro atoms. The van der Waals surface area contributed by atoms with E-state index >= 15 is 0 Å². The van der Waals surface area contributed by atoms with Crippen LogP contribution in [0, 0.1) is 0 Å². The van der Waals surface area contributed by atoms with Crippen LogP contribution in [0.15, 0.2) is 35.5 Å². The zero-order valence-electron chi connectivity index (χ0n) is 8.96. The van der Waals surface area contributed by atoms with Gasteiger partial charge >= 0.3 is 5.97 Å². The van der Waals surface area contributed by atoms with Crippen molar-refractivity contribution in [3.05, 3.63) is 41.5 Å². The molecule has 4 nitrogen and oxygen atoms in total. The fraction of sp³-hybridized carbons (Fsp3) is 0.167. The average molecular weight is 219 g/mol. The van der Waals surface area contributed by atoms with Gasteiger partial charge in [0.05, 0.1) is 19.7 Å². The molecule has 0 amide bonds. The number of rotatable bonds is 4. The van der Waals surface area contributed by atoms with Crippen LogP contribution < -0.4 is 0 Å². The van der Waals surface area contributed by atoms with E-state index in [0.29, 0.717) is 0 Å². The summed E-state index contributed by atoms with van der Waals surface area (Å²) in [5.74, 6) is -0.274. The van der Waals surface area contributed by atoms with Crippen molar-refractivity contribution in [1.82, 2.24) is 0 Å². The summed E-state index contributed by atoms with van der Waals surface area (Å²) < 4.78 is 4.51. The second-order valence-electron chi connectivity index (χ2n) is 3.10. The van der Waals surface area contributed by atoms with Crippen molar-refractivity contribution in [2.45, 2.75) is 6.42 Å². The molecule has 0 aromatic heterocycles. The number of esters is 1. The molecule has 4 heteroatoms. The van der Waals surface area contributed by atoms with E-state index in [-0.39, 0.29) is 12.4 Å². The normalized spacial score (nSPS) is 11.1. The Kier molecular flexibility index (Phi) is 4.79. The summed E-state index contributed by atoms with van der Waals surface area (Å²) in [5.41, 5.74) is 1.73. The number of benzene rings is 1. The SMILES string of the molecule is COC(=O)CC=Cc1cccc(C=NO)c1. The molecule has 0 bridgehead atoms. The van der Waals surface area contributed by atoms with Crippen LogP contribution in [-0.2, 0) is 9.53 Å². The van der Waals surface area contributed by atoms with E-state index < -0.39 is 0 Å². The maximum absolute atomic E-state index is 10.8. The molecule has 0 fully saturated rings. The van der Waals surface area contributed by atoms with Gasteiger partial charge in [0.1, 0.15) is 0 Å². The van der Waals surface area contributed by atoms with E-state index in [2.05, 4.69) is 9.89 Å². The number of nitrogens with zero attached hydrogens (tertiary/aromatic N) is 1. The van der Waals surface area contributed by atoms with Gasteiger partial charge in [-0.05, 0) is 17.2 Å². The quantitative estimate of drug-likeness (QED) is 0.365. The van der Waals surface area contributed by atoms with Crippen molar-refractivity contribution < 1.29 is 14.7 Å². The van der Waals surface area contributed by atoms with Crippen molar-refractivity contribution in [2.75, 3.05) is 7.11 Å². The minimum atomic E-state index is -0.274. The Balaban J connectivity index is 2.66. The summed E-state index contributed by atoms with van der Waals surface area (Å²) in [4.78, 5) is 10.8. The largest absolute Gasteiger partial charge is 0.469 e. The van der Waals surface area contributed by atoms with Gasteiger partial charge in [0.25, 0.3) is 0 Å². The molecular formula is C12H13NO3. The minimum absolute atomic E-state index is 0.245. The number of oxime groups is 1. The third-order valence-corrected chi connectivity index (χ3v) is 1.94. The molecule has 1 aromatic rings. The highest BCUT2D eigenvalue weighted by atomic mass is 16.5. The van der Waals surface area contributed by atoms with Gasteiger partial charge in [0.2, 0.25) is 0 Å². The molecule has 0 aliphatic heterocycles. The van der Waals surface area contributed by atoms with Crippen LogP contribution in [0.4, 0.5) is 0 Å². The summed E-state index contributed by atoms with van der Waals surface area (Å²) in [5, 5.41) is 11.3. The second-order valence-corrected chi connectivity index (χ2v) is 3.10. The first-order valence-electron chi connectivity index (χ1n) is 4.77. The highest BCUT2D eigenvalue weighted by Gasteiger charge is 1.94. The van der Waals surface area contributed by atoms with Crippen LogP contribution in [0.2, 0.25) is 0 Å². The molecule has 0 atom stereocenters. The number of hydrogen-bond donors (Lipinski definition) is 1. The molecule has 0 unspecified atom stereocenters. The zero-order chi connectivity index (χ0) is 11.8. The summed E-state index contributed by atoms with van der Waals surface area (Å²) >= 11 is 0. The van der Waals surface area contributed by atoms with Crippen LogP contribution in [0.3, 0.4) is 0 Å². The van der Waals surface area contributed by atoms with Crippen LogP contribution in [-0.4, -0.2) is 24.5 Å². The highest BCUT2D eigenvalue weighted by molar-refractivity contribution is 5.80. The van der Waals surface area contributed by atoms with Gasteiger partial charge in [-0.2, -0.15) is 0 Å². The van der Waals surface area contributed by atoms with Crippen LogP contribution >= 0.6 is 0 Å². The molecule has 0 saturated carbocycles. The Labute approximate surface area is 93.9 Å². The summed E-state index contributed by atoms with van der Waals surface area (Å²) in [6, 6.07) is 7.39. The second kappa shape index (κ2) is 6.40. The smallest absolute Gasteiger partial charge is 0.309 e. The highest BCUT2D eigenvalue weighted by Crippen LogP contribution is 2.06. The molecule has 0 heterocycles. The molecule has 1 rings (SSSR count). The van der Waals surface area contributed by atoms with Crippen molar-refractivity contribution in [3.8, 4) is 0 Å². The van der Waals surface area contributed by atoms with Crippen LogP contribution in [0.1, 0.15) is 17.5 Å². The van der Waals surface area contributed by atoms with Gasteiger partial charge in [-0.15, -0.1) is 0 Å². The predicted molar refractivity (Wildman–Crippen MR) is 61.5 cm³/mol. The lowest BCUT2D eigenvalue weighted by Gasteiger charge is -1.96. The molecule has 0 aliphatic rings. The lowest BCUT2D eigenvalue weighted by atomic mass is 10.1. The number of methoxy groups -OCH3 is 1. The Hall–Kier alpha value is -2.10. The molecule has 16 heavy (non-hydrogen) atoms. The maximum atomic E-state index is 10.8. The van der Waals surface area contributed by atoms with E-state index in [1.165, 1.54) is 13.3 Å². The monoisotopic (exact) mass is 219 g/mol. The predicted octanol–water partition coefficient (Wildman–Crippen LogP) is 2.07. The Morgan fingerprint density at radius 1 is 1.50 bits per heavy atom. The topological polar surface area (TPSA) is 58.9 Å². The fourth-order valence-electron chi connectivity index (χ4n) is 1.18. The van der Waals surface area contributed by atoms with Gasteiger partial charge in [0.15, 0.2) is 0 Å². The van der Waals surface area contributed by atoms with E-state index in [1.807, 2.05) is 30.3 Å². The first-order valence-corrected chi connectivity index (χ1v) is 4.77. The lowest BCUT2D eigenvalue weighted by Crippen LogP contribution is -1.96. The lowest BCUT2D eigenvalue weighted by molar-refractivity contribution is -0.139. The Morgan fingerprint density at radius 2 is 2.25 bits per heavy atom. The first kappa shape index (κ1) is 12.0.